The number of pyridine rings is 2. The molecule has 9 heteroatoms. The van der Waals surface area contributed by atoms with Crippen LogP contribution in [-0.2, 0) is 12.7 Å². The van der Waals surface area contributed by atoms with Crippen molar-refractivity contribution < 1.29 is 17.9 Å². The van der Waals surface area contributed by atoms with Crippen molar-refractivity contribution in [2.75, 3.05) is 11.9 Å². The average molecular weight is 375 g/mol. The molecule has 0 fully saturated rings. The molecule has 0 aliphatic rings. The standard InChI is InChI=1S/C18H16F3N5O/c1-2-27-16-9-12(3-8-23-16)11-24-15-10-14(18(19,20)21)25-17(26-15)13-4-6-22-7-5-13/h3-10H,2,11H2,1H3,(H,24,25,26). The molecule has 0 radical (unpaired) electrons. The van der Waals surface area contributed by atoms with Crippen molar-refractivity contribution in [3.8, 4) is 17.3 Å². The first kappa shape index (κ1) is 18.6. The van der Waals surface area contributed by atoms with Gasteiger partial charge >= 0.3 is 6.18 Å². The predicted molar refractivity (Wildman–Crippen MR) is 93.0 cm³/mol. The molecule has 3 aromatic heterocycles. The van der Waals surface area contributed by atoms with E-state index in [0.29, 0.717) is 18.1 Å². The molecule has 1 N–H and O–H groups in total. The summed E-state index contributed by atoms with van der Waals surface area (Å²) in [4.78, 5) is 15.7. The lowest BCUT2D eigenvalue weighted by Crippen LogP contribution is -2.12. The van der Waals surface area contributed by atoms with Crippen LogP contribution in [0.3, 0.4) is 0 Å². The maximum atomic E-state index is 13.2. The molecule has 0 amide bonds. The molecule has 0 bridgehead atoms. The van der Waals surface area contributed by atoms with E-state index in [1.165, 1.54) is 12.4 Å². The van der Waals surface area contributed by atoms with Crippen molar-refractivity contribution in [2.45, 2.75) is 19.6 Å². The first-order chi connectivity index (χ1) is 13.0. The molecule has 6 nitrogen and oxygen atoms in total. The zero-order valence-electron chi connectivity index (χ0n) is 14.4. The summed E-state index contributed by atoms with van der Waals surface area (Å²) in [7, 11) is 0. The topological polar surface area (TPSA) is 72.8 Å². The molecule has 0 saturated carbocycles. The van der Waals surface area contributed by atoms with E-state index in [-0.39, 0.29) is 18.2 Å². The van der Waals surface area contributed by atoms with Crippen LogP contribution in [0.5, 0.6) is 5.88 Å². The summed E-state index contributed by atoms with van der Waals surface area (Å²) < 4.78 is 44.9. The van der Waals surface area contributed by atoms with Gasteiger partial charge in [0.2, 0.25) is 5.88 Å². The summed E-state index contributed by atoms with van der Waals surface area (Å²) in [6.45, 7) is 2.57. The third-order valence-corrected chi connectivity index (χ3v) is 3.52. The molecule has 0 aliphatic heterocycles. The fourth-order valence-electron chi connectivity index (χ4n) is 2.29. The SMILES string of the molecule is CCOc1cc(CNc2cc(C(F)(F)F)nc(-c3ccncc3)n2)ccn1. The van der Waals surface area contributed by atoms with E-state index in [0.717, 1.165) is 11.6 Å². The van der Waals surface area contributed by atoms with Crippen LogP contribution >= 0.6 is 0 Å². The molecule has 0 saturated heterocycles. The fraction of sp³-hybridized carbons (Fsp3) is 0.222. The zero-order valence-corrected chi connectivity index (χ0v) is 14.4. The minimum atomic E-state index is -4.58. The van der Waals surface area contributed by atoms with Gasteiger partial charge in [-0.2, -0.15) is 13.2 Å². The van der Waals surface area contributed by atoms with Gasteiger partial charge in [0, 0.05) is 42.8 Å². The molecule has 0 aromatic carbocycles. The minimum Gasteiger partial charge on any atom is -0.478 e. The van der Waals surface area contributed by atoms with Crippen molar-refractivity contribution in [1.29, 1.82) is 0 Å². The molecule has 0 spiro atoms. The van der Waals surface area contributed by atoms with Gasteiger partial charge in [-0.15, -0.1) is 0 Å². The highest BCUT2D eigenvalue weighted by molar-refractivity contribution is 5.57. The van der Waals surface area contributed by atoms with Gasteiger partial charge in [0.05, 0.1) is 6.61 Å². The number of ether oxygens (including phenoxy) is 1. The Morgan fingerprint density at radius 3 is 2.52 bits per heavy atom. The Bertz CT molecular complexity index is 903. The minimum absolute atomic E-state index is 0.0283. The molecule has 140 valence electrons. The van der Waals surface area contributed by atoms with Crippen molar-refractivity contribution in [3.63, 3.8) is 0 Å². The fourth-order valence-corrected chi connectivity index (χ4v) is 2.29. The molecule has 0 aliphatic carbocycles. The third-order valence-electron chi connectivity index (χ3n) is 3.52. The van der Waals surface area contributed by atoms with Crippen LogP contribution in [0.25, 0.3) is 11.4 Å². The van der Waals surface area contributed by atoms with Gasteiger partial charge < -0.3 is 10.1 Å². The van der Waals surface area contributed by atoms with Gasteiger partial charge in [0.15, 0.2) is 11.5 Å². The van der Waals surface area contributed by atoms with Gasteiger partial charge in [-0.1, -0.05) is 0 Å². The predicted octanol–water partition coefficient (Wildman–Crippen LogP) is 3.96. The number of nitrogens with one attached hydrogen (secondary N) is 1. The van der Waals surface area contributed by atoms with Crippen LogP contribution in [0, 0.1) is 0 Å². The van der Waals surface area contributed by atoms with Crippen LogP contribution in [0.4, 0.5) is 19.0 Å². The first-order valence-electron chi connectivity index (χ1n) is 8.14. The third kappa shape index (κ3) is 4.90. The Labute approximate surface area is 153 Å². The zero-order chi connectivity index (χ0) is 19.3. The summed E-state index contributed by atoms with van der Waals surface area (Å²) >= 11 is 0. The van der Waals surface area contributed by atoms with E-state index in [1.807, 2.05) is 6.92 Å². The lowest BCUT2D eigenvalue weighted by atomic mass is 10.2. The normalized spacial score (nSPS) is 11.3. The second-order valence-electron chi connectivity index (χ2n) is 5.48. The molecular formula is C18H16F3N5O. The van der Waals surface area contributed by atoms with E-state index in [1.54, 1.807) is 30.5 Å². The Kier molecular flexibility index (Phi) is 5.49. The summed E-state index contributed by atoms with van der Waals surface area (Å²) in [5, 5.41) is 2.90. The van der Waals surface area contributed by atoms with Gasteiger partial charge in [-0.25, -0.2) is 15.0 Å². The van der Waals surface area contributed by atoms with Crippen LogP contribution in [0.2, 0.25) is 0 Å². The Balaban J connectivity index is 1.87. The maximum Gasteiger partial charge on any atom is 0.433 e. The second-order valence-corrected chi connectivity index (χ2v) is 5.48. The lowest BCUT2D eigenvalue weighted by molar-refractivity contribution is -0.141. The number of hydrogen-bond acceptors (Lipinski definition) is 6. The van der Waals surface area contributed by atoms with Crippen molar-refractivity contribution in [1.82, 2.24) is 19.9 Å². The van der Waals surface area contributed by atoms with Crippen LogP contribution < -0.4 is 10.1 Å². The van der Waals surface area contributed by atoms with Gasteiger partial charge in [-0.05, 0) is 30.7 Å². The molecule has 27 heavy (non-hydrogen) atoms. The Morgan fingerprint density at radius 1 is 1.04 bits per heavy atom. The highest BCUT2D eigenvalue weighted by atomic mass is 19.4. The smallest absolute Gasteiger partial charge is 0.433 e. The maximum absolute atomic E-state index is 13.2. The van der Waals surface area contributed by atoms with Gasteiger partial charge in [0.1, 0.15) is 5.82 Å². The summed E-state index contributed by atoms with van der Waals surface area (Å²) in [5.74, 6) is 0.492. The molecule has 3 aromatic rings. The lowest BCUT2D eigenvalue weighted by Gasteiger charge is -2.12. The number of aromatic nitrogens is 4. The highest BCUT2D eigenvalue weighted by Gasteiger charge is 2.33. The number of hydrogen-bond donors (Lipinski definition) is 1. The quantitative estimate of drug-likeness (QED) is 0.703. The van der Waals surface area contributed by atoms with Crippen molar-refractivity contribution >= 4 is 5.82 Å². The number of halogens is 3. The van der Waals surface area contributed by atoms with Crippen LogP contribution in [0.15, 0.2) is 48.9 Å². The molecule has 0 atom stereocenters. The van der Waals surface area contributed by atoms with E-state index in [4.69, 9.17) is 4.74 Å². The summed E-state index contributed by atoms with van der Waals surface area (Å²) in [5.41, 5.74) is 0.226. The molecule has 3 heterocycles. The van der Waals surface area contributed by atoms with Crippen LogP contribution in [-0.4, -0.2) is 26.5 Å². The number of alkyl halides is 3. The van der Waals surface area contributed by atoms with Crippen molar-refractivity contribution in [2.24, 2.45) is 0 Å². The van der Waals surface area contributed by atoms with Gasteiger partial charge in [0.25, 0.3) is 0 Å². The van der Waals surface area contributed by atoms with Crippen molar-refractivity contribution in [3.05, 3.63) is 60.2 Å². The summed E-state index contributed by atoms with van der Waals surface area (Å²) in [6.07, 6.45) is -0.0674. The highest BCUT2D eigenvalue weighted by Crippen LogP contribution is 2.30. The number of rotatable bonds is 6. The first-order valence-corrected chi connectivity index (χ1v) is 8.14. The second kappa shape index (κ2) is 7.98. The molecular weight excluding hydrogens is 359 g/mol. The van der Waals surface area contributed by atoms with E-state index in [2.05, 4.69) is 25.3 Å². The largest absolute Gasteiger partial charge is 0.478 e. The number of nitrogens with zero attached hydrogens (tertiary/aromatic N) is 4. The molecule has 0 unspecified atom stereocenters. The van der Waals surface area contributed by atoms with Gasteiger partial charge in [-0.3, -0.25) is 4.98 Å². The van der Waals surface area contributed by atoms with Crippen LogP contribution in [0.1, 0.15) is 18.2 Å². The Hall–Kier alpha value is -3.23. The summed E-state index contributed by atoms with van der Waals surface area (Å²) in [6, 6.07) is 7.44. The van der Waals surface area contributed by atoms with E-state index < -0.39 is 11.9 Å². The van der Waals surface area contributed by atoms with E-state index >= 15 is 0 Å². The number of anilines is 1. The monoisotopic (exact) mass is 375 g/mol. The molecule has 3 rings (SSSR count). The van der Waals surface area contributed by atoms with E-state index in [9.17, 15) is 13.2 Å². The average Bonchev–Trinajstić information content (AvgIpc) is 2.67. The Morgan fingerprint density at radius 2 is 1.81 bits per heavy atom.